The number of nitrogens with one attached hydrogen (secondary N) is 2. The van der Waals surface area contributed by atoms with Crippen molar-refractivity contribution < 1.29 is 66.5 Å². The molecule has 3 aromatic rings. The molecule has 2 amide bonds. The van der Waals surface area contributed by atoms with E-state index in [1.807, 2.05) is 91.0 Å². The van der Waals surface area contributed by atoms with Crippen LogP contribution < -0.4 is 10.6 Å². The molecule has 0 saturated carbocycles. The number of ether oxygens (including phenoxy) is 11. The number of carbonyl (C=O) groups excluding carboxylic acids is 3. The molecular weight excluding hydrogens is 911 g/mol. The highest BCUT2D eigenvalue weighted by Gasteiger charge is 2.56. The summed E-state index contributed by atoms with van der Waals surface area (Å²) in [6.07, 6.45) is -10.4. The SMILES string of the molecule is C=CCO[C@H]1O[C@H](COCc2ccccc2)[C@@H](O[C@@H]2O[C@@H]3CO[C@@H](c4ccccc4)O[C@H]3[C@H](OCc3ccccc3)[C@H]2NC(=O)OCC(Cl)(Cl)Cl)[C@H](O[C@H](C)C(=O)OCC)[C@H]1NC(C)=O. The van der Waals surface area contributed by atoms with Crippen molar-refractivity contribution in [2.24, 2.45) is 0 Å². The fraction of sp³-hybridized carbons (Fsp3) is 0.500. The monoisotopic (exact) mass is 964 g/mol. The largest absolute Gasteiger partial charge is 0.464 e. The average molecular weight is 966 g/mol. The van der Waals surface area contributed by atoms with E-state index in [1.165, 1.54) is 19.9 Å². The van der Waals surface area contributed by atoms with Crippen LogP contribution in [0.4, 0.5) is 4.79 Å². The summed E-state index contributed by atoms with van der Waals surface area (Å²) in [7, 11) is 0. The molecule has 3 aliphatic heterocycles. The Morgan fingerprint density at radius 3 is 2.09 bits per heavy atom. The molecule has 19 heteroatoms. The number of rotatable bonds is 20. The molecule has 3 saturated heterocycles. The molecule has 0 aromatic heterocycles. The zero-order chi connectivity index (χ0) is 46.3. The Labute approximate surface area is 393 Å². The molecule has 3 heterocycles. The normalized spacial score (nSPS) is 28.2. The molecule has 16 nitrogen and oxygen atoms in total. The van der Waals surface area contributed by atoms with Crippen molar-refractivity contribution in [3.8, 4) is 0 Å². The van der Waals surface area contributed by atoms with E-state index in [0.717, 1.165) is 16.7 Å². The van der Waals surface area contributed by atoms with Gasteiger partial charge in [0.15, 0.2) is 25.0 Å². The summed E-state index contributed by atoms with van der Waals surface area (Å²) in [5.41, 5.74) is 2.44. The van der Waals surface area contributed by atoms with Gasteiger partial charge in [0.05, 0.1) is 39.6 Å². The summed E-state index contributed by atoms with van der Waals surface area (Å²) in [5.74, 6) is -1.14. The highest BCUT2D eigenvalue weighted by Crippen LogP contribution is 2.39. The van der Waals surface area contributed by atoms with Crippen LogP contribution in [0.2, 0.25) is 0 Å². The smallest absolute Gasteiger partial charge is 0.407 e. The standard InChI is InChI=1S/C46H55Cl3N2O14/c1-5-22-57-43-36(50-29(4)52)40(61-28(3)41(53)56-6-2)38(33(62-43)25-55-23-30-16-10-7-11-17-30)65-44-35(51-45(54)60-27-46(47,48)49)39(58-24-31-18-12-8-13-19-31)37-34(63-44)26-59-42(64-37)32-20-14-9-15-21-32/h5,7-21,28,33-40,42-44H,1,6,22-27H2,2-4H3,(H,50,52)(H,51,54)/t28-,33-,34-,35-,36-,37-,38-,39-,40-,42-,43+,44+/m1/s1. The summed E-state index contributed by atoms with van der Waals surface area (Å²) >= 11 is 17.9. The fourth-order valence-corrected chi connectivity index (χ4v) is 7.70. The van der Waals surface area contributed by atoms with Crippen molar-refractivity contribution in [3.63, 3.8) is 0 Å². The minimum Gasteiger partial charge on any atom is -0.464 e. The van der Waals surface area contributed by atoms with Crippen LogP contribution in [-0.2, 0) is 74.9 Å². The third kappa shape index (κ3) is 14.8. The third-order valence-electron chi connectivity index (χ3n) is 10.4. The van der Waals surface area contributed by atoms with Crippen molar-refractivity contribution in [2.45, 2.75) is 111 Å². The van der Waals surface area contributed by atoms with Gasteiger partial charge in [-0.25, -0.2) is 9.59 Å². The lowest BCUT2D eigenvalue weighted by Gasteiger charge is -2.52. The van der Waals surface area contributed by atoms with Crippen molar-refractivity contribution in [1.82, 2.24) is 10.6 Å². The van der Waals surface area contributed by atoms with Crippen LogP contribution in [0.3, 0.4) is 0 Å². The summed E-state index contributed by atoms with van der Waals surface area (Å²) < 4.78 is 67.4. The van der Waals surface area contributed by atoms with E-state index in [2.05, 4.69) is 17.2 Å². The minimum atomic E-state index is -1.94. The molecule has 3 aliphatic rings. The fourth-order valence-electron chi connectivity index (χ4n) is 7.54. The number of alkyl halides is 3. The van der Waals surface area contributed by atoms with Gasteiger partial charge in [0, 0.05) is 12.5 Å². The molecule has 12 atom stereocenters. The second-order valence-corrected chi connectivity index (χ2v) is 17.8. The maximum absolute atomic E-state index is 13.7. The molecule has 0 radical (unpaired) electrons. The Morgan fingerprint density at radius 1 is 0.815 bits per heavy atom. The number of fused-ring (bicyclic) bond motifs is 1. The van der Waals surface area contributed by atoms with E-state index in [4.69, 9.17) is 86.9 Å². The molecular formula is C46H55Cl3N2O14. The number of hydrogen-bond donors (Lipinski definition) is 2. The summed E-state index contributed by atoms with van der Waals surface area (Å²) in [6.45, 7) is 7.90. The van der Waals surface area contributed by atoms with Crippen LogP contribution in [0.25, 0.3) is 0 Å². The van der Waals surface area contributed by atoms with Gasteiger partial charge in [-0.3, -0.25) is 4.79 Å². The first-order chi connectivity index (χ1) is 31.3. The predicted molar refractivity (Wildman–Crippen MR) is 237 cm³/mol. The van der Waals surface area contributed by atoms with E-state index >= 15 is 0 Å². The Kier molecular flexibility index (Phi) is 19.2. The first-order valence-electron chi connectivity index (χ1n) is 21.2. The van der Waals surface area contributed by atoms with E-state index < -0.39 is 102 Å². The summed E-state index contributed by atoms with van der Waals surface area (Å²) in [5, 5.41) is 5.70. The van der Waals surface area contributed by atoms with Crippen molar-refractivity contribution >= 4 is 52.8 Å². The Morgan fingerprint density at radius 2 is 1.46 bits per heavy atom. The Balaban J connectivity index is 1.42. The third-order valence-corrected chi connectivity index (χ3v) is 10.7. The number of halogens is 3. The lowest BCUT2D eigenvalue weighted by Crippen LogP contribution is -2.71. The Bertz CT molecular complexity index is 1950. The zero-order valence-corrected chi connectivity index (χ0v) is 38.4. The van der Waals surface area contributed by atoms with E-state index in [9.17, 15) is 14.4 Å². The number of amides is 2. The maximum atomic E-state index is 13.7. The van der Waals surface area contributed by atoms with Gasteiger partial charge in [-0.05, 0) is 25.0 Å². The van der Waals surface area contributed by atoms with Crippen molar-refractivity contribution in [2.75, 3.05) is 33.0 Å². The number of benzene rings is 3. The number of carbonyl (C=O) groups is 3. The second kappa shape index (κ2) is 24.8. The second-order valence-electron chi connectivity index (χ2n) is 15.3. The van der Waals surface area contributed by atoms with Crippen LogP contribution in [0.1, 0.15) is 43.8 Å². The van der Waals surface area contributed by atoms with Gasteiger partial charge < -0.3 is 62.7 Å². The first kappa shape index (κ1) is 50.5. The number of hydrogen-bond acceptors (Lipinski definition) is 14. The lowest BCUT2D eigenvalue weighted by atomic mass is 9.93. The molecule has 3 aromatic carbocycles. The summed E-state index contributed by atoms with van der Waals surface area (Å²) in [6, 6.07) is 25.8. The molecule has 0 unspecified atom stereocenters. The van der Waals surface area contributed by atoms with Gasteiger partial charge in [-0.1, -0.05) is 132 Å². The molecule has 0 spiro atoms. The van der Waals surface area contributed by atoms with Gasteiger partial charge in [-0.15, -0.1) is 6.58 Å². The average Bonchev–Trinajstić information content (AvgIpc) is 3.29. The van der Waals surface area contributed by atoms with E-state index in [-0.39, 0.29) is 39.6 Å². The minimum absolute atomic E-state index is 0.0102. The van der Waals surface area contributed by atoms with Crippen molar-refractivity contribution in [3.05, 3.63) is 120 Å². The van der Waals surface area contributed by atoms with Crippen LogP contribution >= 0.6 is 34.8 Å². The summed E-state index contributed by atoms with van der Waals surface area (Å²) in [4.78, 5) is 39.8. The number of alkyl carbamates (subject to hydrolysis) is 1. The molecule has 354 valence electrons. The Hall–Kier alpha value is -3.88. The van der Waals surface area contributed by atoms with E-state index in [0.29, 0.717) is 0 Å². The van der Waals surface area contributed by atoms with Gasteiger partial charge in [0.25, 0.3) is 0 Å². The van der Waals surface area contributed by atoms with Gasteiger partial charge >= 0.3 is 12.1 Å². The topological polar surface area (TPSA) is 177 Å². The highest BCUT2D eigenvalue weighted by molar-refractivity contribution is 6.67. The molecule has 65 heavy (non-hydrogen) atoms. The van der Waals surface area contributed by atoms with Crippen LogP contribution in [-0.4, -0.2) is 122 Å². The van der Waals surface area contributed by atoms with Crippen LogP contribution in [0.15, 0.2) is 104 Å². The van der Waals surface area contributed by atoms with Gasteiger partial charge in [-0.2, -0.15) is 0 Å². The first-order valence-corrected chi connectivity index (χ1v) is 22.3. The van der Waals surface area contributed by atoms with Crippen molar-refractivity contribution in [1.29, 1.82) is 0 Å². The zero-order valence-electron chi connectivity index (χ0n) is 36.2. The molecule has 2 N–H and O–H groups in total. The lowest BCUT2D eigenvalue weighted by molar-refractivity contribution is -0.371. The molecule has 0 bridgehead atoms. The molecule has 6 rings (SSSR count). The van der Waals surface area contributed by atoms with Crippen LogP contribution in [0, 0.1) is 0 Å². The van der Waals surface area contributed by atoms with Gasteiger partial charge in [0.2, 0.25) is 9.70 Å². The van der Waals surface area contributed by atoms with E-state index in [1.54, 1.807) is 6.92 Å². The molecule has 0 aliphatic carbocycles. The number of esters is 1. The maximum Gasteiger partial charge on any atom is 0.407 e. The van der Waals surface area contributed by atoms with Gasteiger partial charge in [0.1, 0.15) is 55.3 Å². The molecule has 3 fully saturated rings. The van der Waals surface area contributed by atoms with Crippen LogP contribution in [0.5, 0.6) is 0 Å². The predicted octanol–water partition coefficient (Wildman–Crippen LogP) is 6.25. The quantitative estimate of drug-likeness (QED) is 0.0739. The highest BCUT2D eigenvalue weighted by atomic mass is 35.6.